The van der Waals surface area contributed by atoms with Gasteiger partial charge in [0.25, 0.3) is 0 Å². The number of nitrogens with one attached hydrogen (secondary N) is 1. The van der Waals surface area contributed by atoms with Crippen molar-refractivity contribution < 1.29 is 9.13 Å². The van der Waals surface area contributed by atoms with Crippen LogP contribution in [0.2, 0.25) is 10.0 Å². The van der Waals surface area contributed by atoms with Crippen molar-refractivity contribution >= 4 is 28.9 Å². The average molecular weight is 328 g/mol. The summed E-state index contributed by atoms with van der Waals surface area (Å²) in [5, 5.41) is 4.13. The maximum atomic E-state index is 13.6. The van der Waals surface area contributed by atoms with Crippen LogP contribution in [-0.4, -0.2) is 6.10 Å². The fraction of sp³-hybridized carbons (Fsp3) is 0.250. The predicted octanol–water partition coefficient (Wildman–Crippen LogP) is 5.53. The molecule has 21 heavy (non-hydrogen) atoms. The molecule has 0 fully saturated rings. The summed E-state index contributed by atoms with van der Waals surface area (Å²) in [4.78, 5) is 0. The van der Waals surface area contributed by atoms with Crippen LogP contribution in [0.4, 0.5) is 10.1 Å². The molecule has 0 amide bonds. The standard InChI is InChI=1S/C16H16Cl2FNO/c1-10(2)21-16-6-4-13(8-14(16)18)20-9-11-7-12(17)3-5-15(11)19/h3-8,10,20H,9H2,1-2H3. The zero-order valence-corrected chi connectivity index (χ0v) is 13.3. The molecule has 1 N–H and O–H groups in total. The SMILES string of the molecule is CC(C)Oc1ccc(NCc2cc(Cl)ccc2F)cc1Cl. The zero-order valence-electron chi connectivity index (χ0n) is 11.8. The summed E-state index contributed by atoms with van der Waals surface area (Å²) >= 11 is 12.0. The first-order valence-corrected chi connectivity index (χ1v) is 7.35. The van der Waals surface area contributed by atoms with Crippen LogP contribution in [0, 0.1) is 5.82 Å². The Balaban J connectivity index is 2.07. The Bertz CT molecular complexity index is 632. The molecule has 0 aliphatic heterocycles. The minimum Gasteiger partial charge on any atom is -0.489 e. The second kappa shape index (κ2) is 7.01. The van der Waals surface area contributed by atoms with Gasteiger partial charge >= 0.3 is 0 Å². The third kappa shape index (κ3) is 4.51. The Labute approximate surface area is 133 Å². The lowest BCUT2D eigenvalue weighted by molar-refractivity contribution is 0.242. The van der Waals surface area contributed by atoms with Crippen molar-refractivity contribution in [3.8, 4) is 5.75 Å². The van der Waals surface area contributed by atoms with Gasteiger partial charge in [-0.25, -0.2) is 4.39 Å². The smallest absolute Gasteiger partial charge is 0.138 e. The molecule has 0 saturated carbocycles. The molecule has 5 heteroatoms. The summed E-state index contributed by atoms with van der Waals surface area (Å²) in [6, 6.07) is 9.86. The third-order valence-electron chi connectivity index (χ3n) is 2.79. The van der Waals surface area contributed by atoms with E-state index in [2.05, 4.69) is 5.32 Å². The molecule has 2 aromatic rings. The lowest BCUT2D eigenvalue weighted by Gasteiger charge is -2.13. The predicted molar refractivity (Wildman–Crippen MR) is 86.0 cm³/mol. The summed E-state index contributed by atoms with van der Waals surface area (Å²) in [5.74, 6) is 0.337. The average Bonchev–Trinajstić information content (AvgIpc) is 2.42. The summed E-state index contributed by atoms with van der Waals surface area (Å²) in [7, 11) is 0. The highest BCUT2D eigenvalue weighted by Gasteiger charge is 2.06. The van der Waals surface area contributed by atoms with Gasteiger partial charge in [0, 0.05) is 22.8 Å². The van der Waals surface area contributed by atoms with E-state index in [1.54, 1.807) is 18.2 Å². The van der Waals surface area contributed by atoms with E-state index in [1.807, 2.05) is 19.9 Å². The summed E-state index contributed by atoms with van der Waals surface area (Å²) in [5.41, 5.74) is 1.29. The maximum Gasteiger partial charge on any atom is 0.138 e. The first-order chi connectivity index (χ1) is 9.95. The van der Waals surface area contributed by atoms with Gasteiger partial charge in [0.05, 0.1) is 11.1 Å². The van der Waals surface area contributed by atoms with Crippen molar-refractivity contribution in [2.45, 2.75) is 26.5 Å². The largest absolute Gasteiger partial charge is 0.489 e. The van der Waals surface area contributed by atoms with Crippen LogP contribution in [0.25, 0.3) is 0 Å². The molecule has 0 heterocycles. The van der Waals surface area contributed by atoms with E-state index < -0.39 is 0 Å². The third-order valence-corrected chi connectivity index (χ3v) is 3.32. The molecular formula is C16H16Cl2FNO. The fourth-order valence-electron chi connectivity index (χ4n) is 1.84. The van der Waals surface area contributed by atoms with Crippen molar-refractivity contribution in [2.24, 2.45) is 0 Å². The van der Waals surface area contributed by atoms with Gasteiger partial charge in [0.1, 0.15) is 11.6 Å². The van der Waals surface area contributed by atoms with E-state index in [0.29, 0.717) is 27.9 Å². The van der Waals surface area contributed by atoms with Crippen LogP contribution in [-0.2, 0) is 6.54 Å². The molecule has 0 atom stereocenters. The molecule has 0 aromatic heterocycles. The van der Waals surface area contributed by atoms with E-state index in [1.165, 1.54) is 12.1 Å². The van der Waals surface area contributed by atoms with Crippen LogP contribution >= 0.6 is 23.2 Å². The highest BCUT2D eigenvalue weighted by atomic mass is 35.5. The number of benzene rings is 2. The first-order valence-electron chi connectivity index (χ1n) is 6.59. The van der Waals surface area contributed by atoms with Crippen LogP contribution in [0.15, 0.2) is 36.4 Å². The van der Waals surface area contributed by atoms with Crippen molar-refractivity contribution in [3.63, 3.8) is 0 Å². The first kappa shape index (κ1) is 15.9. The van der Waals surface area contributed by atoms with E-state index >= 15 is 0 Å². The van der Waals surface area contributed by atoms with Crippen LogP contribution in [0.5, 0.6) is 5.75 Å². The number of hydrogen-bond acceptors (Lipinski definition) is 2. The molecule has 112 valence electrons. The van der Waals surface area contributed by atoms with Crippen molar-refractivity contribution in [2.75, 3.05) is 5.32 Å². The minimum absolute atomic E-state index is 0.0573. The molecule has 0 spiro atoms. The van der Waals surface area contributed by atoms with E-state index in [9.17, 15) is 4.39 Å². The Kier molecular flexibility index (Phi) is 5.32. The monoisotopic (exact) mass is 327 g/mol. The Morgan fingerprint density at radius 2 is 1.90 bits per heavy atom. The molecule has 2 nitrogen and oxygen atoms in total. The molecule has 0 radical (unpaired) electrons. The van der Waals surface area contributed by atoms with Gasteiger partial charge in [-0.1, -0.05) is 23.2 Å². The Hall–Kier alpha value is -1.45. The lowest BCUT2D eigenvalue weighted by Crippen LogP contribution is -2.06. The van der Waals surface area contributed by atoms with Crippen LogP contribution in [0.3, 0.4) is 0 Å². The number of rotatable bonds is 5. The van der Waals surface area contributed by atoms with Gasteiger partial charge in [-0.05, 0) is 50.2 Å². The summed E-state index contributed by atoms with van der Waals surface area (Å²) in [6.07, 6.45) is 0.0573. The minimum atomic E-state index is -0.294. The number of halogens is 3. The zero-order chi connectivity index (χ0) is 15.4. The van der Waals surface area contributed by atoms with Crippen LogP contribution < -0.4 is 10.1 Å². The van der Waals surface area contributed by atoms with Crippen LogP contribution in [0.1, 0.15) is 19.4 Å². The number of anilines is 1. The Morgan fingerprint density at radius 3 is 2.57 bits per heavy atom. The second-order valence-corrected chi connectivity index (χ2v) is 5.74. The molecule has 0 saturated heterocycles. The van der Waals surface area contributed by atoms with Gasteiger partial charge in [-0.2, -0.15) is 0 Å². The van der Waals surface area contributed by atoms with Crippen molar-refractivity contribution in [3.05, 3.63) is 57.8 Å². The quantitative estimate of drug-likeness (QED) is 0.779. The number of hydrogen-bond donors (Lipinski definition) is 1. The van der Waals surface area contributed by atoms with E-state index in [-0.39, 0.29) is 11.9 Å². The maximum absolute atomic E-state index is 13.6. The Morgan fingerprint density at radius 1 is 1.14 bits per heavy atom. The van der Waals surface area contributed by atoms with Gasteiger partial charge < -0.3 is 10.1 Å². The molecule has 0 aliphatic rings. The second-order valence-electron chi connectivity index (χ2n) is 4.90. The highest BCUT2D eigenvalue weighted by Crippen LogP contribution is 2.29. The van der Waals surface area contributed by atoms with Gasteiger partial charge in [0.15, 0.2) is 0 Å². The molecule has 2 rings (SSSR count). The topological polar surface area (TPSA) is 21.3 Å². The number of ether oxygens (including phenoxy) is 1. The molecular weight excluding hydrogens is 312 g/mol. The molecule has 0 bridgehead atoms. The van der Waals surface area contributed by atoms with Gasteiger partial charge in [0.2, 0.25) is 0 Å². The lowest BCUT2D eigenvalue weighted by atomic mass is 10.2. The molecule has 2 aromatic carbocycles. The van der Waals surface area contributed by atoms with Gasteiger partial charge in [-0.3, -0.25) is 0 Å². The summed E-state index contributed by atoms with van der Waals surface area (Å²) < 4.78 is 19.2. The normalized spacial score (nSPS) is 10.8. The van der Waals surface area contributed by atoms with Crippen molar-refractivity contribution in [1.29, 1.82) is 0 Å². The van der Waals surface area contributed by atoms with E-state index in [4.69, 9.17) is 27.9 Å². The molecule has 0 aliphatic carbocycles. The van der Waals surface area contributed by atoms with E-state index in [0.717, 1.165) is 5.69 Å². The highest BCUT2D eigenvalue weighted by molar-refractivity contribution is 6.32. The van der Waals surface area contributed by atoms with Gasteiger partial charge in [-0.15, -0.1) is 0 Å². The fourth-order valence-corrected chi connectivity index (χ4v) is 2.26. The molecule has 0 unspecified atom stereocenters. The summed E-state index contributed by atoms with van der Waals surface area (Å²) in [6.45, 7) is 4.20. The van der Waals surface area contributed by atoms with Crippen molar-refractivity contribution in [1.82, 2.24) is 0 Å².